The van der Waals surface area contributed by atoms with E-state index in [0.717, 1.165) is 66.5 Å². The molecule has 2 aromatic carbocycles. The molecule has 1 aliphatic heterocycles. The monoisotopic (exact) mass is 638 g/mol. The van der Waals surface area contributed by atoms with Gasteiger partial charge in [-0.15, -0.1) is 0 Å². The van der Waals surface area contributed by atoms with E-state index in [1.807, 2.05) is 59.4 Å². The van der Waals surface area contributed by atoms with Crippen molar-refractivity contribution in [2.45, 2.75) is 69.7 Å². The van der Waals surface area contributed by atoms with Crippen LogP contribution in [0.15, 0.2) is 79.5 Å². The molecule has 10 heteroatoms. The number of ether oxygens (including phenoxy) is 1. The molecule has 7 rings (SSSR count). The number of nitrogens with zero attached hydrogens (tertiary/aromatic N) is 5. The molecule has 2 atom stereocenters. The average Bonchev–Trinajstić information content (AvgIpc) is 3.53. The summed E-state index contributed by atoms with van der Waals surface area (Å²) >= 11 is 6.48. The average molecular weight is 639 g/mol. The number of imidazole rings is 1. The van der Waals surface area contributed by atoms with E-state index < -0.39 is 6.04 Å². The van der Waals surface area contributed by atoms with Gasteiger partial charge < -0.3 is 19.5 Å². The third kappa shape index (κ3) is 6.66. The highest BCUT2D eigenvalue weighted by Gasteiger charge is 2.42. The van der Waals surface area contributed by atoms with Crippen LogP contribution in [0.5, 0.6) is 0 Å². The first-order valence-corrected chi connectivity index (χ1v) is 16.7. The quantitative estimate of drug-likeness (QED) is 0.268. The SMILES string of the molecule is O=C(Nc1cccc(Cn2ccnc2)c1)C1CN(C(=O)OC2CCCCC2)CCN1[C@@H]1c2ccc(Cl)cc2CCc2cccnc21. The van der Waals surface area contributed by atoms with Crippen LogP contribution in [0.25, 0.3) is 0 Å². The highest BCUT2D eigenvalue weighted by Crippen LogP contribution is 2.39. The summed E-state index contributed by atoms with van der Waals surface area (Å²) in [5, 5.41) is 3.88. The van der Waals surface area contributed by atoms with Gasteiger partial charge >= 0.3 is 6.09 Å². The fraction of sp³-hybridized carbons (Fsp3) is 0.389. The summed E-state index contributed by atoms with van der Waals surface area (Å²) in [6.07, 6.45) is 13.7. The Morgan fingerprint density at radius 1 is 0.957 bits per heavy atom. The van der Waals surface area contributed by atoms with Crippen molar-refractivity contribution in [2.75, 3.05) is 25.0 Å². The van der Waals surface area contributed by atoms with Crippen molar-refractivity contribution >= 4 is 29.3 Å². The summed E-state index contributed by atoms with van der Waals surface area (Å²) in [7, 11) is 0. The van der Waals surface area contributed by atoms with Crippen LogP contribution in [-0.4, -0.2) is 68.1 Å². The Hall–Kier alpha value is -4.21. The maximum atomic E-state index is 14.4. The Kier molecular flexibility index (Phi) is 9.03. The maximum Gasteiger partial charge on any atom is 0.410 e. The van der Waals surface area contributed by atoms with Crippen molar-refractivity contribution in [1.82, 2.24) is 24.3 Å². The molecule has 9 nitrogen and oxygen atoms in total. The summed E-state index contributed by atoms with van der Waals surface area (Å²) in [6, 6.07) is 17.1. The van der Waals surface area contributed by atoms with E-state index in [9.17, 15) is 9.59 Å². The highest BCUT2D eigenvalue weighted by atomic mass is 35.5. The van der Waals surface area contributed by atoms with Gasteiger partial charge in [-0.25, -0.2) is 9.78 Å². The lowest BCUT2D eigenvalue weighted by molar-refractivity contribution is -0.124. The zero-order valence-electron chi connectivity index (χ0n) is 25.9. The van der Waals surface area contributed by atoms with Crippen molar-refractivity contribution in [3.63, 3.8) is 0 Å². The standard InChI is InChI=1S/C36H39ClN6O3/c37-28-13-14-31-27(21-28)12-11-26-7-5-15-39-33(26)34(31)43-19-18-42(36(45)46-30-9-2-1-3-10-30)23-32(43)35(44)40-29-8-4-6-25(20-29)22-41-17-16-38-24-41/h4-8,13-17,20-21,24,30,32,34H,1-3,9-12,18-19,22-23H2,(H,40,44)/t32?,34-/m1/s1. The van der Waals surface area contributed by atoms with Crippen molar-refractivity contribution in [2.24, 2.45) is 0 Å². The molecule has 3 heterocycles. The molecule has 238 valence electrons. The van der Waals surface area contributed by atoms with Crippen molar-refractivity contribution in [3.8, 4) is 0 Å². The molecule has 0 spiro atoms. The number of aromatic nitrogens is 3. The highest BCUT2D eigenvalue weighted by molar-refractivity contribution is 6.30. The van der Waals surface area contributed by atoms with Crippen LogP contribution in [0.1, 0.15) is 66.1 Å². The number of nitrogens with one attached hydrogen (secondary N) is 1. The molecule has 2 fully saturated rings. The number of fused-ring (bicyclic) bond motifs is 2. The lowest BCUT2D eigenvalue weighted by atomic mass is 9.94. The van der Waals surface area contributed by atoms with E-state index >= 15 is 0 Å². The Balaban J connectivity index is 1.21. The molecule has 2 amide bonds. The number of piperazine rings is 1. The van der Waals surface area contributed by atoms with Gasteiger partial charge in [-0.2, -0.15) is 0 Å². The lowest BCUT2D eigenvalue weighted by Crippen LogP contribution is -2.60. The van der Waals surface area contributed by atoms with Gasteiger partial charge in [0, 0.05) is 55.5 Å². The molecule has 1 saturated carbocycles. The summed E-state index contributed by atoms with van der Waals surface area (Å²) in [6.45, 7) is 1.80. The third-order valence-corrected chi connectivity index (χ3v) is 9.74. The number of pyridine rings is 1. The fourth-order valence-electron chi connectivity index (χ4n) is 7.19. The van der Waals surface area contributed by atoms with Gasteiger partial charge in [0.25, 0.3) is 0 Å². The zero-order valence-corrected chi connectivity index (χ0v) is 26.6. The number of carbonyl (C=O) groups excluding carboxylic acids is 2. The minimum atomic E-state index is -0.647. The summed E-state index contributed by atoms with van der Waals surface area (Å²) in [5.41, 5.74) is 6.10. The number of hydrogen-bond acceptors (Lipinski definition) is 6. The molecule has 2 aliphatic carbocycles. The summed E-state index contributed by atoms with van der Waals surface area (Å²) < 4.78 is 7.96. The van der Waals surface area contributed by atoms with E-state index in [1.165, 1.54) is 6.42 Å². The Bertz CT molecular complexity index is 1690. The van der Waals surface area contributed by atoms with E-state index in [0.29, 0.717) is 30.3 Å². The third-order valence-electron chi connectivity index (χ3n) is 9.50. The molecular formula is C36H39ClN6O3. The number of amides is 2. The second-order valence-corrected chi connectivity index (χ2v) is 13.0. The largest absolute Gasteiger partial charge is 0.446 e. The molecule has 3 aliphatic rings. The fourth-order valence-corrected chi connectivity index (χ4v) is 7.38. The summed E-state index contributed by atoms with van der Waals surface area (Å²) in [4.78, 5) is 40.8. The van der Waals surface area contributed by atoms with Gasteiger partial charge in [-0.1, -0.05) is 42.3 Å². The topological polar surface area (TPSA) is 92.6 Å². The van der Waals surface area contributed by atoms with Crippen LogP contribution in [0.2, 0.25) is 5.02 Å². The van der Waals surface area contributed by atoms with Gasteiger partial charge in [-0.3, -0.25) is 14.7 Å². The zero-order chi connectivity index (χ0) is 31.5. The van der Waals surface area contributed by atoms with E-state index in [-0.39, 0.29) is 30.7 Å². The first-order valence-electron chi connectivity index (χ1n) is 16.3. The van der Waals surface area contributed by atoms with Crippen molar-refractivity contribution in [3.05, 3.63) is 112 Å². The first-order chi connectivity index (χ1) is 22.5. The number of benzene rings is 2. The first kappa shape index (κ1) is 30.4. The number of rotatable bonds is 6. The number of carbonyl (C=O) groups is 2. The van der Waals surface area contributed by atoms with Gasteiger partial charge in [0.15, 0.2) is 0 Å². The van der Waals surface area contributed by atoms with E-state index in [1.54, 1.807) is 17.4 Å². The van der Waals surface area contributed by atoms with Crippen LogP contribution < -0.4 is 5.32 Å². The van der Waals surface area contributed by atoms with Gasteiger partial charge in [0.2, 0.25) is 5.91 Å². The molecular weight excluding hydrogens is 600 g/mol. The molecule has 46 heavy (non-hydrogen) atoms. The molecule has 1 N–H and O–H groups in total. The molecule has 1 saturated heterocycles. The Labute approximate surface area is 274 Å². The predicted octanol–water partition coefficient (Wildman–Crippen LogP) is 6.26. The van der Waals surface area contributed by atoms with Crippen LogP contribution >= 0.6 is 11.6 Å². The predicted molar refractivity (Wildman–Crippen MR) is 177 cm³/mol. The summed E-state index contributed by atoms with van der Waals surface area (Å²) in [5.74, 6) is -0.174. The van der Waals surface area contributed by atoms with Crippen molar-refractivity contribution in [1.29, 1.82) is 0 Å². The lowest BCUT2D eigenvalue weighted by Gasteiger charge is -2.44. The van der Waals surface area contributed by atoms with Crippen LogP contribution in [-0.2, 0) is 28.9 Å². The van der Waals surface area contributed by atoms with Crippen LogP contribution in [0.4, 0.5) is 10.5 Å². The number of anilines is 1. The molecule has 0 bridgehead atoms. The smallest absolute Gasteiger partial charge is 0.410 e. The second-order valence-electron chi connectivity index (χ2n) is 12.6. The minimum Gasteiger partial charge on any atom is -0.446 e. The molecule has 1 unspecified atom stereocenters. The number of halogens is 1. The van der Waals surface area contributed by atoms with Gasteiger partial charge in [0.05, 0.1) is 18.1 Å². The number of hydrogen-bond donors (Lipinski definition) is 1. The normalized spacial score (nSPS) is 20.3. The van der Waals surface area contributed by atoms with Gasteiger partial charge in [0.1, 0.15) is 12.1 Å². The van der Waals surface area contributed by atoms with Gasteiger partial charge in [-0.05, 0) is 91.1 Å². The van der Waals surface area contributed by atoms with Crippen LogP contribution in [0.3, 0.4) is 0 Å². The maximum absolute atomic E-state index is 14.4. The van der Waals surface area contributed by atoms with E-state index in [4.69, 9.17) is 21.3 Å². The van der Waals surface area contributed by atoms with Crippen molar-refractivity contribution < 1.29 is 14.3 Å². The Morgan fingerprint density at radius 2 is 1.83 bits per heavy atom. The number of aryl methyl sites for hydroxylation is 2. The minimum absolute atomic E-state index is 0.0562. The molecule has 2 aromatic heterocycles. The second kappa shape index (κ2) is 13.6. The van der Waals surface area contributed by atoms with E-state index in [2.05, 4.69) is 27.3 Å². The Morgan fingerprint density at radius 3 is 2.67 bits per heavy atom. The molecule has 4 aromatic rings. The van der Waals surface area contributed by atoms with Crippen LogP contribution in [0, 0.1) is 0 Å². The molecule has 0 radical (unpaired) electrons.